The molecule has 3 atom stereocenters. The SMILES string of the molecule is C/C=C/C(=O)C1(C)C(C)C=CCC1C. The summed E-state index contributed by atoms with van der Waals surface area (Å²) in [6, 6.07) is 0. The van der Waals surface area contributed by atoms with Crippen LogP contribution in [0.2, 0.25) is 0 Å². The van der Waals surface area contributed by atoms with Gasteiger partial charge in [-0.2, -0.15) is 0 Å². The molecule has 0 saturated carbocycles. The molecule has 0 radical (unpaired) electrons. The van der Waals surface area contributed by atoms with Crippen LogP contribution >= 0.6 is 0 Å². The summed E-state index contributed by atoms with van der Waals surface area (Å²) in [4.78, 5) is 12.0. The van der Waals surface area contributed by atoms with Crippen molar-refractivity contribution in [2.75, 3.05) is 0 Å². The second kappa shape index (κ2) is 4.12. The van der Waals surface area contributed by atoms with E-state index in [1.165, 1.54) is 0 Å². The van der Waals surface area contributed by atoms with Crippen molar-refractivity contribution in [2.45, 2.75) is 34.1 Å². The second-order valence-electron chi connectivity index (χ2n) is 4.50. The van der Waals surface area contributed by atoms with Crippen LogP contribution in [0, 0.1) is 17.3 Å². The van der Waals surface area contributed by atoms with Gasteiger partial charge in [0.15, 0.2) is 5.78 Å². The van der Waals surface area contributed by atoms with Gasteiger partial charge in [0.2, 0.25) is 0 Å². The van der Waals surface area contributed by atoms with Crippen molar-refractivity contribution in [3.8, 4) is 0 Å². The summed E-state index contributed by atoms with van der Waals surface area (Å²) in [6.45, 7) is 8.29. The molecule has 0 spiro atoms. The summed E-state index contributed by atoms with van der Waals surface area (Å²) in [5, 5.41) is 0. The fourth-order valence-corrected chi connectivity index (χ4v) is 2.18. The van der Waals surface area contributed by atoms with Gasteiger partial charge < -0.3 is 0 Å². The Labute approximate surface area is 86.9 Å². The Morgan fingerprint density at radius 2 is 2.14 bits per heavy atom. The Kier molecular flexibility index (Phi) is 3.30. The summed E-state index contributed by atoms with van der Waals surface area (Å²) in [7, 11) is 0. The zero-order chi connectivity index (χ0) is 10.8. The molecule has 1 nitrogen and oxygen atoms in total. The first kappa shape index (κ1) is 11.2. The van der Waals surface area contributed by atoms with E-state index in [1.807, 2.05) is 13.0 Å². The van der Waals surface area contributed by atoms with Crippen LogP contribution in [0.25, 0.3) is 0 Å². The van der Waals surface area contributed by atoms with Gasteiger partial charge in [-0.15, -0.1) is 0 Å². The highest BCUT2D eigenvalue weighted by Crippen LogP contribution is 2.42. The summed E-state index contributed by atoms with van der Waals surface area (Å²) in [5.41, 5.74) is -0.207. The van der Waals surface area contributed by atoms with E-state index < -0.39 is 0 Å². The first-order chi connectivity index (χ1) is 6.53. The van der Waals surface area contributed by atoms with Crippen molar-refractivity contribution >= 4 is 5.78 Å². The Balaban J connectivity index is 3.00. The number of carbonyl (C=O) groups is 1. The molecule has 3 unspecified atom stereocenters. The van der Waals surface area contributed by atoms with Crippen molar-refractivity contribution in [1.82, 2.24) is 0 Å². The predicted octanol–water partition coefficient (Wildman–Crippen LogP) is 3.37. The van der Waals surface area contributed by atoms with Gasteiger partial charge in [-0.1, -0.05) is 39.0 Å². The van der Waals surface area contributed by atoms with Gasteiger partial charge in [-0.25, -0.2) is 0 Å². The zero-order valence-corrected chi connectivity index (χ0v) is 9.58. The van der Waals surface area contributed by atoms with Crippen molar-refractivity contribution in [3.05, 3.63) is 24.3 Å². The third kappa shape index (κ3) is 1.68. The van der Waals surface area contributed by atoms with E-state index in [-0.39, 0.29) is 11.2 Å². The molecule has 0 aromatic carbocycles. The van der Waals surface area contributed by atoms with Gasteiger partial charge >= 0.3 is 0 Å². The molecule has 1 aliphatic carbocycles. The largest absolute Gasteiger partial charge is 0.294 e. The number of rotatable bonds is 2. The maximum atomic E-state index is 12.0. The fourth-order valence-electron chi connectivity index (χ4n) is 2.18. The standard InChI is InChI=1S/C13H20O/c1-5-7-12(14)13(4)10(2)8-6-9-11(13)3/h5-8,10-11H,9H2,1-4H3/b7-5+. The second-order valence-corrected chi connectivity index (χ2v) is 4.50. The van der Waals surface area contributed by atoms with Crippen LogP contribution in [0.4, 0.5) is 0 Å². The van der Waals surface area contributed by atoms with Crippen molar-refractivity contribution in [2.24, 2.45) is 17.3 Å². The van der Waals surface area contributed by atoms with Crippen LogP contribution in [0.5, 0.6) is 0 Å². The third-order valence-corrected chi connectivity index (χ3v) is 3.73. The maximum absolute atomic E-state index is 12.0. The molecule has 0 fully saturated rings. The molecule has 14 heavy (non-hydrogen) atoms. The molecule has 0 aliphatic heterocycles. The molecule has 0 aromatic rings. The van der Waals surface area contributed by atoms with E-state index in [0.29, 0.717) is 11.8 Å². The number of hydrogen-bond acceptors (Lipinski definition) is 1. The van der Waals surface area contributed by atoms with E-state index in [9.17, 15) is 4.79 Å². The monoisotopic (exact) mass is 192 g/mol. The van der Waals surface area contributed by atoms with Gasteiger partial charge in [0.05, 0.1) is 0 Å². The molecule has 0 aromatic heterocycles. The van der Waals surface area contributed by atoms with E-state index in [1.54, 1.807) is 6.08 Å². The van der Waals surface area contributed by atoms with Gasteiger partial charge in [0, 0.05) is 5.41 Å². The average molecular weight is 192 g/mol. The molecular weight excluding hydrogens is 172 g/mol. The number of carbonyl (C=O) groups excluding carboxylic acids is 1. The molecule has 0 N–H and O–H groups in total. The van der Waals surface area contributed by atoms with E-state index in [0.717, 1.165) is 6.42 Å². The topological polar surface area (TPSA) is 17.1 Å². The van der Waals surface area contributed by atoms with E-state index in [2.05, 4.69) is 32.9 Å². The summed E-state index contributed by atoms with van der Waals surface area (Å²) in [6.07, 6.45) is 8.93. The summed E-state index contributed by atoms with van der Waals surface area (Å²) >= 11 is 0. The van der Waals surface area contributed by atoms with Gasteiger partial charge in [-0.05, 0) is 31.3 Å². The molecule has 0 saturated heterocycles. The van der Waals surface area contributed by atoms with Crippen LogP contribution in [0.1, 0.15) is 34.1 Å². The predicted molar refractivity (Wildman–Crippen MR) is 60.0 cm³/mol. The smallest absolute Gasteiger partial charge is 0.162 e. The van der Waals surface area contributed by atoms with Crippen molar-refractivity contribution in [3.63, 3.8) is 0 Å². The van der Waals surface area contributed by atoms with Gasteiger partial charge in [0.1, 0.15) is 0 Å². The molecule has 1 aliphatic rings. The summed E-state index contributed by atoms with van der Waals surface area (Å²) < 4.78 is 0. The quantitative estimate of drug-likeness (QED) is 0.484. The lowest BCUT2D eigenvalue weighted by atomic mass is 9.63. The Morgan fingerprint density at radius 3 is 2.64 bits per heavy atom. The molecule has 1 rings (SSSR count). The Morgan fingerprint density at radius 1 is 1.50 bits per heavy atom. The minimum absolute atomic E-state index is 0.207. The van der Waals surface area contributed by atoms with Crippen LogP contribution in [0.15, 0.2) is 24.3 Å². The Bertz CT molecular complexity index is 275. The van der Waals surface area contributed by atoms with Crippen LogP contribution in [-0.2, 0) is 4.79 Å². The fraction of sp³-hybridized carbons (Fsp3) is 0.615. The highest BCUT2D eigenvalue weighted by Gasteiger charge is 2.42. The van der Waals surface area contributed by atoms with Crippen LogP contribution in [0.3, 0.4) is 0 Å². The molecule has 1 heteroatoms. The first-order valence-electron chi connectivity index (χ1n) is 5.37. The first-order valence-corrected chi connectivity index (χ1v) is 5.37. The number of allylic oxidation sites excluding steroid dienone is 4. The van der Waals surface area contributed by atoms with Crippen LogP contribution in [-0.4, -0.2) is 5.78 Å². The Hall–Kier alpha value is -0.850. The lowest BCUT2D eigenvalue weighted by Crippen LogP contribution is -2.40. The lowest BCUT2D eigenvalue weighted by molar-refractivity contribution is -0.128. The molecule has 0 bridgehead atoms. The third-order valence-electron chi connectivity index (χ3n) is 3.73. The summed E-state index contributed by atoms with van der Waals surface area (Å²) in [5.74, 6) is 1.05. The minimum Gasteiger partial charge on any atom is -0.294 e. The van der Waals surface area contributed by atoms with Gasteiger partial charge in [-0.3, -0.25) is 4.79 Å². The van der Waals surface area contributed by atoms with E-state index >= 15 is 0 Å². The normalized spacial score (nSPS) is 37.7. The highest BCUT2D eigenvalue weighted by atomic mass is 16.1. The maximum Gasteiger partial charge on any atom is 0.162 e. The number of ketones is 1. The van der Waals surface area contributed by atoms with E-state index in [4.69, 9.17) is 0 Å². The van der Waals surface area contributed by atoms with Crippen LogP contribution < -0.4 is 0 Å². The van der Waals surface area contributed by atoms with Crippen molar-refractivity contribution < 1.29 is 4.79 Å². The molecule has 0 amide bonds. The van der Waals surface area contributed by atoms with Crippen molar-refractivity contribution in [1.29, 1.82) is 0 Å². The number of hydrogen-bond donors (Lipinski definition) is 0. The average Bonchev–Trinajstić information content (AvgIpc) is 2.14. The zero-order valence-electron chi connectivity index (χ0n) is 9.58. The molecule has 0 heterocycles. The molecular formula is C13H20O. The minimum atomic E-state index is -0.207. The highest BCUT2D eigenvalue weighted by molar-refractivity contribution is 5.95. The van der Waals surface area contributed by atoms with Gasteiger partial charge in [0.25, 0.3) is 0 Å². The molecule has 78 valence electrons. The lowest BCUT2D eigenvalue weighted by Gasteiger charge is -2.40.